The van der Waals surface area contributed by atoms with Crippen LogP contribution in [0.5, 0.6) is 0 Å². The van der Waals surface area contributed by atoms with Crippen molar-refractivity contribution in [1.29, 1.82) is 0 Å². The Morgan fingerprint density at radius 3 is 2.40 bits per heavy atom. The predicted molar refractivity (Wildman–Crippen MR) is 108 cm³/mol. The van der Waals surface area contributed by atoms with Crippen molar-refractivity contribution < 1.29 is 0 Å². The molecular weight excluding hydrogens is 330 g/mol. The number of hydrogen-bond acceptors (Lipinski definition) is 4. The Kier molecular flexibility index (Phi) is 6.86. The molecule has 0 aliphatic carbocycles. The van der Waals surface area contributed by atoms with E-state index in [1.165, 1.54) is 24.4 Å². The van der Waals surface area contributed by atoms with Gasteiger partial charge in [0.2, 0.25) is 0 Å². The van der Waals surface area contributed by atoms with Crippen molar-refractivity contribution in [1.82, 2.24) is 20.5 Å². The Labute approximate surface area is 157 Å². The van der Waals surface area contributed by atoms with Gasteiger partial charge in [0.15, 0.2) is 5.96 Å². The number of thiazole rings is 1. The van der Waals surface area contributed by atoms with E-state index >= 15 is 0 Å². The van der Waals surface area contributed by atoms with E-state index in [-0.39, 0.29) is 5.54 Å². The summed E-state index contributed by atoms with van der Waals surface area (Å²) in [6.07, 6.45) is 1.34. The molecule has 25 heavy (non-hydrogen) atoms. The van der Waals surface area contributed by atoms with E-state index in [1.807, 2.05) is 7.05 Å². The van der Waals surface area contributed by atoms with Crippen LogP contribution in [-0.2, 0) is 6.54 Å². The average Bonchev–Trinajstić information content (AvgIpc) is 2.85. The van der Waals surface area contributed by atoms with Crippen molar-refractivity contribution in [2.45, 2.75) is 60.0 Å². The molecule has 1 aromatic rings. The van der Waals surface area contributed by atoms with Gasteiger partial charge in [0.25, 0.3) is 0 Å². The van der Waals surface area contributed by atoms with Crippen LogP contribution in [0.15, 0.2) is 4.99 Å². The maximum absolute atomic E-state index is 4.58. The lowest BCUT2D eigenvalue weighted by atomic mass is 9.88. The maximum Gasteiger partial charge on any atom is 0.191 e. The molecule has 1 fully saturated rings. The fourth-order valence-corrected chi connectivity index (χ4v) is 4.44. The zero-order chi connectivity index (χ0) is 18.6. The number of nitrogens with one attached hydrogen (secondary N) is 2. The standard InChI is InChI=1S/C19H35N5S/c1-13-8-14(2)11-24(10-13)19(5,6)12-22-18(20-7)21-9-17-23-15(3)16(4)25-17/h13-14H,8-12H2,1-7H3,(H2,20,21,22). The van der Waals surface area contributed by atoms with E-state index in [4.69, 9.17) is 0 Å². The van der Waals surface area contributed by atoms with E-state index in [1.54, 1.807) is 11.3 Å². The number of guanidine groups is 1. The molecule has 0 aromatic carbocycles. The summed E-state index contributed by atoms with van der Waals surface area (Å²) in [6, 6.07) is 0. The molecule has 1 aliphatic heterocycles. The van der Waals surface area contributed by atoms with Gasteiger partial charge in [0.05, 0.1) is 12.2 Å². The van der Waals surface area contributed by atoms with Crippen molar-refractivity contribution >= 4 is 17.3 Å². The third-order valence-corrected chi connectivity index (χ3v) is 6.19. The molecule has 2 heterocycles. The zero-order valence-corrected chi connectivity index (χ0v) is 17.8. The number of nitrogens with zero attached hydrogens (tertiary/aromatic N) is 3. The molecule has 2 atom stereocenters. The van der Waals surface area contributed by atoms with Crippen LogP contribution in [0.3, 0.4) is 0 Å². The first-order valence-corrected chi connectivity index (χ1v) is 10.2. The van der Waals surface area contributed by atoms with Crippen molar-refractivity contribution in [3.8, 4) is 0 Å². The molecule has 1 aromatic heterocycles. The van der Waals surface area contributed by atoms with Crippen LogP contribution in [0.4, 0.5) is 0 Å². The molecule has 0 amide bonds. The van der Waals surface area contributed by atoms with Crippen LogP contribution in [-0.4, -0.2) is 48.1 Å². The summed E-state index contributed by atoms with van der Waals surface area (Å²) in [5, 5.41) is 8.00. The highest BCUT2D eigenvalue weighted by molar-refractivity contribution is 7.11. The first kappa shape index (κ1) is 20.2. The van der Waals surface area contributed by atoms with Crippen LogP contribution in [0.2, 0.25) is 0 Å². The molecule has 142 valence electrons. The highest BCUT2D eigenvalue weighted by atomic mass is 32.1. The van der Waals surface area contributed by atoms with Gasteiger partial charge in [-0.3, -0.25) is 9.89 Å². The quantitative estimate of drug-likeness (QED) is 0.621. The lowest BCUT2D eigenvalue weighted by molar-refractivity contribution is 0.0483. The molecular formula is C19H35N5S. The molecule has 0 bridgehead atoms. The van der Waals surface area contributed by atoms with Crippen molar-refractivity contribution in [2.24, 2.45) is 16.8 Å². The molecule has 1 saturated heterocycles. The number of aromatic nitrogens is 1. The number of rotatable bonds is 5. The van der Waals surface area contributed by atoms with Crippen LogP contribution in [0, 0.1) is 25.7 Å². The molecule has 2 N–H and O–H groups in total. The van der Waals surface area contributed by atoms with E-state index in [0.29, 0.717) is 0 Å². The molecule has 6 heteroatoms. The van der Waals surface area contributed by atoms with Gasteiger partial charge in [0, 0.05) is 37.1 Å². The maximum atomic E-state index is 4.58. The Hall–Kier alpha value is -1.14. The minimum Gasteiger partial charge on any atom is -0.355 e. The number of hydrogen-bond donors (Lipinski definition) is 2. The normalized spacial score (nSPS) is 22.9. The summed E-state index contributed by atoms with van der Waals surface area (Å²) in [7, 11) is 1.83. The minimum atomic E-state index is 0.106. The Balaban J connectivity index is 1.86. The topological polar surface area (TPSA) is 52.6 Å². The third-order valence-electron chi connectivity index (χ3n) is 5.12. The van der Waals surface area contributed by atoms with Crippen LogP contribution < -0.4 is 10.6 Å². The first-order valence-electron chi connectivity index (χ1n) is 9.33. The number of likely N-dealkylation sites (tertiary alicyclic amines) is 1. The highest BCUT2D eigenvalue weighted by Crippen LogP contribution is 2.26. The van der Waals surface area contributed by atoms with Crippen LogP contribution >= 0.6 is 11.3 Å². The van der Waals surface area contributed by atoms with Crippen LogP contribution in [0.25, 0.3) is 0 Å². The highest BCUT2D eigenvalue weighted by Gasteiger charge is 2.32. The molecule has 5 nitrogen and oxygen atoms in total. The SMILES string of the molecule is CN=C(NCc1nc(C)c(C)s1)NCC(C)(C)N1CC(C)CC(C)C1. The van der Waals surface area contributed by atoms with Crippen LogP contribution in [0.1, 0.15) is 49.7 Å². The molecule has 0 radical (unpaired) electrons. The molecule has 0 saturated carbocycles. The van der Waals surface area contributed by atoms with Gasteiger partial charge in [-0.05, 0) is 46.0 Å². The molecule has 2 rings (SSSR count). The van der Waals surface area contributed by atoms with Gasteiger partial charge in [-0.2, -0.15) is 0 Å². The van der Waals surface area contributed by atoms with Gasteiger partial charge < -0.3 is 10.6 Å². The summed E-state index contributed by atoms with van der Waals surface area (Å²) in [6.45, 7) is 17.5. The Bertz CT molecular complexity index is 563. The second-order valence-corrected chi connectivity index (χ2v) is 9.48. The molecule has 2 unspecified atom stereocenters. The van der Waals surface area contributed by atoms with E-state index in [9.17, 15) is 0 Å². The minimum absolute atomic E-state index is 0.106. The van der Waals surface area contributed by atoms with Crippen molar-refractivity contribution in [3.05, 3.63) is 15.6 Å². The number of piperidine rings is 1. The Morgan fingerprint density at radius 1 is 1.24 bits per heavy atom. The van der Waals surface area contributed by atoms with Gasteiger partial charge >= 0.3 is 0 Å². The van der Waals surface area contributed by atoms with E-state index < -0.39 is 0 Å². The first-order chi connectivity index (χ1) is 11.7. The summed E-state index contributed by atoms with van der Waals surface area (Å²) in [5.41, 5.74) is 1.23. The van der Waals surface area contributed by atoms with Gasteiger partial charge in [-0.15, -0.1) is 11.3 Å². The van der Waals surface area contributed by atoms with Crippen molar-refractivity contribution in [3.63, 3.8) is 0 Å². The number of aliphatic imine (C=N–C) groups is 1. The fraction of sp³-hybridized carbons (Fsp3) is 0.789. The molecule has 1 aliphatic rings. The summed E-state index contributed by atoms with van der Waals surface area (Å²) in [4.78, 5) is 12.9. The van der Waals surface area contributed by atoms with Crippen molar-refractivity contribution in [2.75, 3.05) is 26.7 Å². The van der Waals surface area contributed by atoms with Gasteiger partial charge in [-0.25, -0.2) is 4.98 Å². The fourth-order valence-electron chi connectivity index (χ4n) is 3.56. The second-order valence-electron chi connectivity index (χ2n) is 8.19. The molecule has 0 spiro atoms. The predicted octanol–water partition coefficient (Wildman–Crippen LogP) is 3.18. The summed E-state index contributed by atoms with van der Waals surface area (Å²) >= 11 is 1.75. The average molecular weight is 366 g/mol. The summed E-state index contributed by atoms with van der Waals surface area (Å²) < 4.78 is 0. The lowest BCUT2D eigenvalue weighted by Crippen LogP contribution is -2.57. The second kappa shape index (κ2) is 8.49. The van der Waals surface area contributed by atoms with E-state index in [0.717, 1.165) is 41.6 Å². The Morgan fingerprint density at radius 2 is 1.88 bits per heavy atom. The monoisotopic (exact) mass is 365 g/mol. The summed E-state index contributed by atoms with van der Waals surface area (Å²) in [5.74, 6) is 2.39. The number of aryl methyl sites for hydroxylation is 2. The van der Waals surface area contributed by atoms with Gasteiger partial charge in [0.1, 0.15) is 5.01 Å². The smallest absolute Gasteiger partial charge is 0.191 e. The van der Waals surface area contributed by atoms with E-state index in [2.05, 4.69) is 67.1 Å². The zero-order valence-electron chi connectivity index (χ0n) is 16.9. The third kappa shape index (κ3) is 5.68. The van der Waals surface area contributed by atoms with Gasteiger partial charge in [-0.1, -0.05) is 13.8 Å². The largest absolute Gasteiger partial charge is 0.355 e. The lowest BCUT2D eigenvalue weighted by Gasteiger charge is -2.45.